The van der Waals surface area contributed by atoms with Gasteiger partial charge in [-0.3, -0.25) is 4.98 Å². The summed E-state index contributed by atoms with van der Waals surface area (Å²) in [4.78, 5) is 3.76. The maximum Gasteiger partial charge on any atom is 0.266 e. The monoisotopic (exact) mass is 251 g/mol. The van der Waals surface area contributed by atoms with E-state index >= 15 is 0 Å². The molecule has 0 saturated carbocycles. The summed E-state index contributed by atoms with van der Waals surface area (Å²) in [6.07, 6.45) is -1.20. The van der Waals surface area contributed by atoms with E-state index in [9.17, 15) is 8.78 Å². The highest BCUT2D eigenvalue weighted by atomic mass is 79.9. The lowest BCUT2D eigenvalue weighted by Gasteiger charge is -2.09. The Labute approximate surface area is 82.7 Å². The molecule has 1 aromatic rings. The van der Waals surface area contributed by atoms with E-state index in [2.05, 4.69) is 20.9 Å². The number of aromatic nitrogens is 1. The molecule has 0 spiro atoms. The second-order valence-corrected chi connectivity index (χ2v) is 3.35. The van der Waals surface area contributed by atoms with Crippen LogP contribution in [-0.2, 0) is 6.61 Å². The number of hydrogen-bond acceptors (Lipinski definition) is 2. The van der Waals surface area contributed by atoms with Gasteiger partial charge in [0, 0.05) is 21.9 Å². The van der Waals surface area contributed by atoms with Gasteiger partial charge in [-0.15, -0.1) is 0 Å². The predicted molar refractivity (Wildman–Crippen MR) is 47.6 cm³/mol. The number of aryl methyl sites for hydroxylation is 1. The minimum Gasteiger partial charge on any atom is -0.392 e. The van der Waals surface area contributed by atoms with Crippen LogP contribution in [0.2, 0.25) is 0 Å². The van der Waals surface area contributed by atoms with Crippen LogP contribution in [-0.4, -0.2) is 10.1 Å². The Kier molecular flexibility index (Phi) is 3.33. The van der Waals surface area contributed by atoms with Crippen molar-refractivity contribution in [3.8, 4) is 0 Å². The fourth-order valence-electron chi connectivity index (χ4n) is 0.997. The molecule has 1 aromatic heterocycles. The number of pyridine rings is 1. The molecule has 0 aliphatic heterocycles. The molecule has 0 aromatic carbocycles. The first-order chi connectivity index (χ1) is 6.07. The van der Waals surface area contributed by atoms with Crippen molar-refractivity contribution >= 4 is 15.9 Å². The molecule has 0 aliphatic carbocycles. The van der Waals surface area contributed by atoms with E-state index in [1.54, 1.807) is 0 Å². The van der Waals surface area contributed by atoms with Gasteiger partial charge >= 0.3 is 0 Å². The Bertz CT molecular complexity index is 317. The zero-order valence-corrected chi connectivity index (χ0v) is 8.48. The van der Waals surface area contributed by atoms with Crippen molar-refractivity contribution in [3.63, 3.8) is 0 Å². The third-order valence-corrected chi connectivity index (χ3v) is 2.65. The Balaban J connectivity index is 3.30. The summed E-state index contributed by atoms with van der Waals surface area (Å²) in [5, 5.41) is 8.80. The Hall–Kier alpha value is -0.550. The highest BCUT2D eigenvalue weighted by molar-refractivity contribution is 9.10. The van der Waals surface area contributed by atoms with Crippen LogP contribution in [0, 0.1) is 6.92 Å². The molecule has 1 N–H and O–H groups in total. The molecular weight excluding hydrogens is 244 g/mol. The molecule has 2 nitrogen and oxygen atoms in total. The zero-order valence-electron chi connectivity index (χ0n) is 6.89. The van der Waals surface area contributed by atoms with Gasteiger partial charge in [-0.2, -0.15) is 0 Å². The SMILES string of the molecule is Cc1ncc(CO)c(Br)c1C(F)F. The molecule has 0 atom stereocenters. The lowest BCUT2D eigenvalue weighted by molar-refractivity contribution is 0.148. The van der Waals surface area contributed by atoms with Gasteiger partial charge in [-0.05, 0) is 22.9 Å². The van der Waals surface area contributed by atoms with Crippen LogP contribution in [0.3, 0.4) is 0 Å². The van der Waals surface area contributed by atoms with Gasteiger partial charge in [0.15, 0.2) is 0 Å². The number of alkyl halides is 2. The summed E-state index contributed by atoms with van der Waals surface area (Å²) in [7, 11) is 0. The summed E-state index contributed by atoms with van der Waals surface area (Å²) in [6.45, 7) is 1.21. The molecule has 1 heterocycles. The molecule has 13 heavy (non-hydrogen) atoms. The average Bonchev–Trinajstić information content (AvgIpc) is 2.04. The molecule has 5 heteroatoms. The fraction of sp³-hybridized carbons (Fsp3) is 0.375. The van der Waals surface area contributed by atoms with Crippen LogP contribution >= 0.6 is 15.9 Å². The van der Waals surface area contributed by atoms with Crippen LogP contribution in [0.4, 0.5) is 8.78 Å². The second-order valence-electron chi connectivity index (χ2n) is 2.56. The Morgan fingerprint density at radius 3 is 2.69 bits per heavy atom. The van der Waals surface area contributed by atoms with Gasteiger partial charge in [0.2, 0.25) is 0 Å². The van der Waals surface area contributed by atoms with E-state index < -0.39 is 6.43 Å². The van der Waals surface area contributed by atoms with Crippen molar-refractivity contribution in [3.05, 3.63) is 27.5 Å². The van der Waals surface area contributed by atoms with Crippen LogP contribution in [0.25, 0.3) is 0 Å². The van der Waals surface area contributed by atoms with Gasteiger partial charge < -0.3 is 5.11 Å². The molecular formula is C8H8BrF2NO. The number of rotatable bonds is 2. The largest absolute Gasteiger partial charge is 0.392 e. The Morgan fingerprint density at radius 1 is 1.62 bits per heavy atom. The number of hydrogen-bond donors (Lipinski definition) is 1. The number of aliphatic hydroxyl groups excluding tert-OH is 1. The quantitative estimate of drug-likeness (QED) is 0.877. The van der Waals surface area contributed by atoms with E-state index in [0.29, 0.717) is 5.56 Å². The zero-order chi connectivity index (χ0) is 10.0. The molecule has 1 rings (SSSR count). The summed E-state index contributed by atoms with van der Waals surface area (Å²) in [6, 6.07) is 0. The van der Waals surface area contributed by atoms with Gasteiger partial charge in [-0.1, -0.05) is 0 Å². The predicted octanol–water partition coefficient (Wildman–Crippen LogP) is 2.58. The van der Waals surface area contributed by atoms with Gasteiger partial charge in [0.25, 0.3) is 6.43 Å². The van der Waals surface area contributed by atoms with Gasteiger partial charge in [0.05, 0.1) is 12.2 Å². The third kappa shape index (κ3) is 2.03. The van der Waals surface area contributed by atoms with Gasteiger partial charge in [0.1, 0.15) is 0 Å². The second kappa shape index (κ2) is 4.11. The summed E-state index contributed by atoms with van der Waals surface area (Å²) < 4.78 is 25.2. The number of halogens is 3. The number of aliphatic hydroxyl groups is 1. The normalized spacial score (nSPS) is 10.9. The van der Waals surface area contributed by atoms with Crippen molar-refractivity contribution < 1.29 is 13.9 Å². The maximum absolute atomic E-state index is 12.5. The van der Waals surface area contributed by atoms with Crippen LogP contribution in [0.15, 0.2) is 10.7 Å². The highest BCUT2D eigenvalue weighted by Crippen LogP contribution is 2.31. The first kappa shape index (κ1) is 10.5. The van der Waals surface area contributed by atoms with Gasteiger partial charge in [-0.25, -0.2) is 8.78 Å². The maximum atomic E-state index is 12.5. The summed E-state index contributed by atoms with van der Waals surface area (Å²) >= 11 is 3.01. The molecule has 0 aliphatic rings. The molecule has 0 fully saturated rings. The minimum atomic E-state index is -2.58. The Morgan fingerprint density at radius 2 is 2.23 bits per heavy atom. The minimum absolute atomic E-state index is 0.147. The van der Waals surface area contributed by atoms with E-state index in [1.165, 1.54) is 13.1 Å². The summed E-state index contributed by atoms with van der Waals surface area (Å²) in [5.74, 6) is 0. The standard InChI is InChI=1S/C8H8BrF2NO/c1-4-6(8(10)11)7(9)5(3-13)2-12-4/h2,8,13H,3H2,1H3. The van der Waals surface area contributed by atoms with Crippen LogP contribution in [0.5, 0.6) is 0 Å². The smallest absolute Gasteiger partial charge is 0.266 e. The van der Waals surface area contributed by atoms with Crippen molar-refractivity contribution in [2.75, 3.05) is 0 Å². The van der Waals surface area contributed by atoms with E-state index in [0.717, 1.165) is 0 Å². The average molecular weight is 252 g/mol. The van der Waals surface area contributed by atoms with E-state index in [4.69, 9.17) is 5.11 Å². The topological polar surface area (TPSA) is 33.1 Å². The molecule has 0 bridgehead atoms. The van der Waals surface area contributed by atoms with E-state index in [1.807, 2.05) is 0 Å². The summed E-state index contributed by atoms with van der Waals surface area (Å²) in [5.41, 5.74) is 0.506. The molecule has 0 saturated heterocycles. The van der Waals surface area contributed by atoms with E-state index in [-0.39, 0.29) is 22.3 Å². The van der Waals surface area contributed by atoms with Crippen molar-refractivity contribution in [1.82, 2.24) is 4.98 Å². The first-order valence-electron chi connectivity index (χ1n) is 3.60. The number of nitrogens with zero attached hydrogens (tertiary/aromatic N) is 1. The molecule has 0 unspecified atom stereocenters. The lowest BCUT2D eigenvalue weighted by Crippen LogP contribution is -1.99. The molecule has 72 valence electrons. The lowest BCUT2D eigenvalue weighted by atomic mass is 10.1. The van der Waals surface area contributed by atoms with Crippen molar-refractivity contribution in [1.29, 1.82) is 0 Å². The third-order valence-electron chi connectivity index (χ3n) is 1.71. The van der Waals surface area contributed by atoms with Crippen molar-refractivity contribution in [2.24, 2.45) is 0 Å². The van der Waals surface area contributed by atoms with Crippen LogP contribution in [0.1, 0.15) is 23.2 Å². The molecule has 0 amide bonds. The molecule has 0 radical (unpaired) electrons. The fourth-order valence-corrected chi connectivity index (χ4v) is 1.68. The first-order valence-corrected chi connectivity index (χ1v) is 4.40. The van der Waals surface area contributed by atoms with Crippen LogP contribution < -0.4 is 0 Å². The van der Waals surface area contributed by atoms with Crippen molar-refractivity contribution in [2.45, 2.75) is 20.0 Å². The highest BCUT2D eigenvalue weighted by Gasteiger charge is 2.17.